The summed E-state index contributed by atoms with van der Waals surface area (Å²) in [6, 6.07) is 16.0. The zero-order chi connectivity index (χ0) is 30.1. The molecule has 2 fully saturated rings. The number of halogens is 1. The Hall–Kier alpha value is -4.26. The van der Waals surface area contributed by atoms with Crippen LogP contribution in [-0.2, 0) is 4.79 Å². The van der Waals surface area contributed by atoms with E-state index in [0.717, 1.165) is 21.9 Å². The fraction of sp³-hybridized carbons (Fsp3) is 0.344. The number of piperazine rings is 1. The smallest absolute Gasteiger partial charge is 0.318 e. The van der Waals surface area contributed by atoms with E-state index in [9.17, 15) is 4.79 Å². The molecule has 218 valence electrons. The first kappa shape index (κ1) is 30.7. The number of likely N-dealkylation sites (tertiary alicyclic amines) is 1. The lowest BCUT2D eigenvalue weighted by Gasteiger charge is -2.35. The van der Waals surface area contributed by atoms with Gasteiger partial charge in [-0.2, -0.15) is 15.2 Å². The minimum atomic E-state index is -0.0590. The van der Waals surface area contributed by atoms with Gasteiger partial charge in [0.1, 0.15) is 5.52 Å². The van der Waals surface area contributed by atoms with Gasteiger partial charge in [0.25, 0.3) is 0 Å². The number of amides is 1. The van der Waals surface area contributed by atoms with E-state index in [0.29, 0.717) is 48.1 Å². The zero-order valence-electron chi connectivity index (χ0n) is 24.4. The molecule has 0 atom stereocenters. The number of ether oxygens (including phenoxy) is 1. The quantitative estimate of drug-likeness (QED) is 0.286. The Morgan fingerprint density at radius 1 is 1.07 bits per heavy atom. The van der Waals surface area contributed by atoms with Crippen molar-refractivity contribution in [2.45, 2.75) is 19.8 Å². The highest BCUT2D eigenvalue weighted by atomic mass is 35.5. The average Bonchev–Trinajstić information content (AvgIpc) is 3.51. The van der Waals surface area contributed by atoms with Crippen molar-refractivity contribution >= 4 is 45.1 Å². The SMILES string of the molecule is C=CC(=O)N1CCN(c2nc(OC)nc3cc(-c4cccc5cccc(Cl)c45)cnc23)CC1.CC#N.CN1CCCC1. The number of benzene rings is 2. The third-order valence-electron chi connectivity index (χ3n) is 7.24. The van der Waals surface area contributed by atoms with Gasteiger partial charge in [0, 0.05) is 55.3 Å². The predicted octanol–water partition coefficient (Wildman–Crippen LogP) is 5.58. The van der Waals surface area contributed by atoms with Gasteiger partial charge in [-0.15, -0.1) is 0 Å². The van der Waals surface area contributed by atoms with Crippen LogP contribution in [0.5, 0.6) is 6.01 Å². The first-order chi connectivity index (χ1) is 20.4. The Morgan fingerprint density at radius 2 is 1.74 bits per heavy atom. The van der Waals surface area contributed by atoms with E-state index in [1.807, 2.05) is 48.7 Å². The number of carbonyl (C=O) groups excluding carboxylic acids is 1. The van der Waals surface area contributed by atoms with E-state index in [1.165, 1.54) is 38.9 Å². The molecule has 0 bridgehead atoms. The topological polar surface area (TPSA) is 98.5 Å². The average molecular weight is 586 g/mol. The molecule has 6 rings (SSSR count). The first-order valence-corrected chi connectivity index (χ1v) is 14.3. The summed E-state index contributed by atoms with van der Waals surface area (Å²) >= 11 is 6.54. The molecule has 4 aromatic rings. The molecule has 0 aliphatic carbocycles. The van der Waals surface area contributed by atoms with E-state index in [-0.39, 0.29) is 11.9 Å². The molecule has 2 aromatic heterocycles. The Kier molecular flexibility index (Phi) is 10.7. The van der Waals surface area contributed by atoms with Crippen LogP contribution in [0.25, 0.3) is 32.9 Å². The van der Waals surface area contributed by atoms with Crippen LogP contribution < -0.4 is 9.64 Å². The first-order valence-electron chi connectivity index (χ1n) is 13.9. The largest absolute Gasteiger partial charge is 0.467 e. The van der Waals surface area contributed by atoms with E-state index in [4.69, 9.17) is 26.6 Å². The molecule has 0 saturated carbocycles. The third-order valence-corrected chi connectivity index (χ3v) is 7.55. The van der Waals surface area contributed by atoms with Crippen molar-refractivity contribution in [2.75, 3.05) is 58.3 Å². The summed E-state index contributed by atoms with van der Waals surface area (Å²) in [5, 5.41) is 10.1. The van der Waals surface area contributed by atoms with Crippen LogP contribution in [0.3, 0.4) is 0 Å². The van der Waals surface area contributed by atoms with Gasteiger partial charge in [0.15, 0.2) is 5.82 Å². The van der Waals surface area contributed by atoms with Gasteiger partial charge in [-0.25, -0.2) is 0 Å². The number of carbonyl (C=O) groups is 1. The predicted molar refractivity (Wildman–Crippen MR) is 169 cm³/mol. The Morgan fingerprint density at radius 3 is 2.33 bits per heavy atom. The number of methoxy groups -OCH3 is 1. The number of fused-ring (bicyclic) bond motifs is 2. The Bertz CT molecular complexity index is 1580. The van der Waals surface area contributed by atoms with E-state index in [2.05, 4.69) is 33.4 Å². The normalized spacial score (nSPS) is 14.8. The number of pyridine rings is 1. The molecule has 9 nitrogen and oxygen atoms in total. The highest BCUT2D eigenvalue weighted by Gasteiger charge is 2.24. The van der Waals surface area contributed by atoms with Gasteiger partial charge in [0.2, 0.25) is 5.91 Å². The van der Waals surface area contributed by atoms with Crippen LogP contribution in [-0.4, -0.2) is 84.1 Å². The molecule has 2 aromatic carbocycles. The molecule has 2 saturated heterocycles. The molecule has 0 spiro atoms. The second-order valence-corrected chi connectivity index (χ2v) is 10.4. The van der Waals surface area contributed by atoms with Gasteiger partial charge < -0.3 is 19.4 Å². The Balaban J connectivity index is 0.000000390. The second-order valence-electron chi connectivity index (χ2n) is 10.0. The molecule has 10 heteroatoms. The summed E-state index contributed by atoms with van der Waals surface area (Å²) in [6.07, 6.45) is 6.01. The number of nitrogens with zero attached hydrogens (tertiary/aromatic N) is 7. The molecule has 42 heavy (non-hydrogen) atoms. The number of nitriles is 1. The molecule has 0 radical (unpaired) electrons. The summed E-state index contributed by atoms with van der Waals surface area (Å²) in [7, 11) is 3.72. The summed E-state index contributed by atoms with van der Waals surface area (Å²) in [6.45, 7) is 10.1. The molecular weight excluding hydrogens is 550 g/mol. The van der Waals surface area contributed by atoms with Crippen LogP contribution in [0.15, 0.2) is 61.3 Å². The fourth-order valence-corrected chi connectivity index (χ4v) is 5.40. The molecular formula is C32H36ClN7O2. The number of aromatic nitrogens is 3. The van der Waals surface area contributed by atoms with Crippen LogP contribution in [0.4, 0.5) is 5.82 Å². The maximum Gasteiger partial charge on any atom is 0.318 e. The Labute approximate surface area is 252 Å². The minimum absolute atomic E-state index is 0.0590. The number of rotatable bonds is 4. The maximum atomic E-state index is 11.9. The van der Waals surface area contributed by atoms with Gasteiger partial charge in [-0.05, 0) is 62.1 Å². The fourth-order valence-electron chi connectivity index (χ4n) is 5.12. The van der Waals surface area contributed by atoms with Crippen molar-refractivity contribution in [3.05, 3.63) is 66.3 Å². The lowest BCUT2D eigenvalue weighted by Crippen LogP contribution is -2.48. The van der Waals surface area contributed by atoms with E-state index < -0.39 is 0 Å². The van der Waals surface area contributed by atoms with Crippen molar-refractivity contribution in [3.8, 4) is 23.2 Å². The summed E-state index contributed by atoms with van der Waals surface area (Å²) < 4.78 is 5.39. The number of hydrogen-bond donors (Lipinski definition) is 0. The lowest BCUT2D eigenvalue weighted by molar-refractivity contribution is -0.126. The summed E-state index contributed by atoms with van der Waals surface area (Å²) in [5.74, 6) is 0.640. The lowest BCUT2D eigenvalue weighted by atomic mass is 9.99. The molecule has 4 heterocycles. The summed E-state index contributed by atoms with van der Waals surface area (Å²) in [4.78, 5) is 32.1. The monoisotopic (exact) mass is 585 g/mol. The van der Waals surface area contributed by atoms with Crippen molar-refractivity contribution in [2.24, 2.45) is 0 Å². The van der Waals surface area contributed by atoms with E-state index in [1.54, 1.807) is 18.1 Å². The molecule has 2 aliphatic heterocycles. The van der Waals surface area contributed by atoms with Crippen molar-refractivity contribution in [3.63, 3.8) is 0 Å². The zero-order valence-corrected chi connectivity index (χ0v) is 25.1. The van der Waals surface area contributed by atoms with E-state index >= 15 is 0 Å². The van der Waals surface area contributed by atoms with Crippen LogP contribution in [0.1, 0.15) is 19.8 Å². The van der Waals surface area contributed by atoms with Crippen LogP contribution in [0, 0.1) is 11.3 Å². The van der Waals surface area contributed by atoms with Gasteiger partial charge >= 0.3 is 6.01 Å². The molecule has 1 amide bonds. The molecule has 0 unspecified atom stereocenters. The van der Waals surface area contributed by atoms with Gasteiger partial charge in [0.05, 0.1) is 18.7 Å². The minimum Gasteiger partial charge on any atom is -0.467 e. The van der Waals surface area contributed by atoms with Crippen molar-refractivity contribution in [1.82, 2.24) is 24.8 Å². The highest BCUT2D eigenvalue weighted by Crippen LogP contribution is 2.35. The van der Waals surface area contributed by atoms with Gasteiger partial charge in [-0.3, -0.25) is 9.78 Å². The summed E-state index contributed by atoms with van der Waals surface area (Å²) in [5.41, 5.74) is 3.27. The third kappa shape index (κ3) is 7.14. The van der Waals surface area contributed by atoms with Crippen LogP contribution >= 0.6 is 11.6 Å². The molecule has 2 aliphatic rings. The maximum absolute atomic E-state index is 11.9. The van der Waals surface area contributed by atoms with Crippen LogP contribution in [0.2, 0.25) is 5.02 Å². The molecule has 0 N–H and O–H groups in total. The second kappa shape index (κ2) is 14.6. The van der Waals surface area contributed by atoms with Crippen molar-refractivity contribution < 1.29 is 9.53 Å². The van der Waals surface area contributed by atoms with Crippen molar-refractivity contribution in [1.29, 1.82) is 5.26 Å². The standard InChI is InChI=1S/C25H22ClN5O2.C5H11N.C2H3N/c1-3-21(32)30-10-12-31(13-11-30)24-23-20(28-25(29-24)33-2)14-17(15-27-23)18-8-4-6-16-7-5-9-19(26)22(16)18;1-6-4-2-3-5-6;1-2-3/h3-9,14-15H,1,10-13H2,2H3;2-5H2,1H3;1H3. The number of anilines is 1. The highest BCUT2D eigenvalue weighted by molar-refractivity contribution is 6.36. The van der Waals surface area contributed by atoms with Gasteiger partial charge in [-0.1, -0.05) is 48.5 Å². The number of hydrogen-bond acceptors (Lipinski definition) is 8.